The molecule has 2 nitrogen and oxygen atoms in total. The molecule has 0 aromatic heterocycles. The van der Waals surface area contributed by atoms with Gasteiger partial charge in [0.15, 0.2) is 0 Å². The van der Waals surface area contributed by atoms with Crippen LogP contribution in [-0.4, -0.2) is 39.0 Å². The summed E-state index contributed by atoms with van der Waals surface area (Å²) in [5, 5.41) is 17.8. The highest BCUT2D eigenvalue weighted by Gasteiger charge is 2.21. The third kappa shape index (κ3) is 2.34. The monoisotopic (exact) mass is 180 g/mol. The van der Waals surface area contributed by atoms with Crippen LogP contribution in [0.2, 0.25) is 0 Å². The number of hydrogen-bond acceptors (Lipinski definition) is 4. The summed E-state index contributed by atoms with van der Waals surface area (Å²) < 4.78 is 0.207. The molecule has 2 N–H and O–H groups in total. The summed E-state index contributed by atoms with van der Waals surface area (Å²) in [5.41, 5.74) is 0. The van der Waals surface area contributed by atoms with Crippen LogP contribution < -0.4 is 0 Å². The van der Waals surface area contributed by atoms with E-state index in [9.17, 15) is 5.11 Å². The Morgan fingerprint density at radius 1 is 1.40 bits per heavy atom. The molecule has 0 aliphatic carbocycles. The first kappa shape index (κ1) is 8.71. The van der Waals surface area contributed by atoms with Crippen molar-refractivity contribution in [1.82, 2.24) is 0 Å². The highest BCUT2D eigenvalue weighted by atomic mass is 32.2. The Bertz CT molecular complexity index is 93.7. The second kappa shape index (κ2) is 4.49. The number of aliphatic hydroxyl groups is 2. The first-order valence-corrected chi connectivity index (χ1v) is 5.46. The van der Waals surface area contributed by atoms with Crippen LogP contribution in [0.1, 0.15) is 6.42 Å². The van der Waals surface area contributed by atoms with Crippen molar-refractivity contribution in [2.24, 2.45) is 0 Å². The zero-order chi connectivity index (χ0) is 7.40. The molecular formula is C6H12O2S2. The van der Waals surface area contributed by atoms with Crippen LogP contribution in [0.3, 0.4) is 0 Å². The molecule has 0 bridgehead atoms. The smallest absolute Gasteiger partial charge is 0.0980 e. The van der Waals surface area contributed by atoms with Crippen molar-refractivity contribution in [2.45, 2.75) is 17.1 Å². The average Bonchev–Trinajstić information content (AvgIpc) is 2.05. The molecule has 0 saturated carbocycles. The molecule has 10 heavy (non-hydrogen) atoms. The molecular weight excluding hydrogens is 168 g/mol. The third-order valence-electron chi connectivity index (χ3n) is 1.35. The summed E-state index contributed by atoms with van der Waals surface area (Å²) >= 11 is 3.50. The Kier molecular flexibility index (Phi) is 3.91. The molecule has 0 aromatic carbocycles. The van der Waals surface area contributed by atoms with Crippen molar-refractivity contribution in [2.75, 3.05) is 18.1 Å². The molecule has 0 spiro atoms. The maximum Gasteiger partial charge on any atom is 0.0980 e. The lowest BCUT2D eigenvalue weighted by Crippen LogP contribution is -2.26. The minimum absolute atomic E-state index is 0.106. The zero-order valence-electron chi connectivity index (χ0n) is 5.69. The fourth-order valence-corrected chi connectivity index (χ4v) is 3.66. The van der Waals surface area contributed by atoms with Crippen LogP contribution >= 0.6 is 23.5 Å². The molecule has 0 aromatic rings. The lowest BCUT2D eigenvalue weighted by Gasteiger charge is -2.23. The van der Waals surface area contributed by atoms with Gasteiger partial charge in [0.1, 0.15) is 0 Å². The van der Waals surface area contributed by atoms with Crippen LogP contribution in [0.4, 0.5) is 0 Å². The molecule has 1 rings (SSSR count). The van der Waals surface area contributed by atoms with Crippen LogP contribution in [0.15, 0.2) is 0 Å². The Labute approximate surface area is 69.4 Å². The van der Waals surface area contributed by atoms with Crippen molar-refractivity contribution in [1.29, 1.82) is 0 Å². The van der Waals surface area contributed by atoms with E-state index in [4.69, 9.17) is 5.11 Å². The summed E-state index contributed by atoms with van der Waals surface area (Å²) in [5.74, 6) is 2.24. The second-order valence-corrected chi connectivity index (χ2v) is 5.01. The Balaban J connectivity index is 2.24. The SMILES string of the molecule is OC[C@H](O)C1SCCCS1. The summed E-state index contributed by atoms with van der Waals surface area (Å²) in [7, 11) is 0. The van der Waals surface area contributed by atoms with E-state index >= 15 is 0 Å². The van der Waals surface area contributed by atoms with Crippen molar-refractivity contribution < 1.29 is 10.2 Å². The van der Waals surface area contributed by atoms with Crippen LogP contribution in [-0.2, 0) is 0 Å². The number of rotatable bonds is 2. The van der Waals surface area contributed by atoms with Gasteiger partial charge in [-0.15, -0.1) is 23.5 Å². The number of hydrogen-bond donors (Lipinski definition) is 2. The van der Waals surface area contributed by atoms with Gasteiger partial charge in [-0.05, 0) is 17.9 Å². The number of aliphatic hydroxyl groups excluding tert-OH is 2. The lowest BCUT2D eigenvalue weighted by molar-refractivity contribution is 0.108. The minimum Gasteiger partial charge on any atom is -0.394 e. The van der Waals surface area contributed by atoms with Gasteiger partial charge in [-0.2, -0.15) is 0 Å². The zero-order valence-corrected chi connectivity index (χ0v) is 7.33. The van der Waals surface area contributed by atoms with Gasteiger partial charge >= 0.3 is 0 Å². The molecule has 1 saturated heterocycles. The van der Waals surface area contributed by atoms with E-state index in [0.29, 0.717) is 0 Å². The van der Waals surface area contributed by atoms with E-state index in [0.717, 1.165) is 11.5 Å². The fraction of sp³-hybridized carbons (Fsp3) is 1.00. The molecule has 1 aliphatic rings. The maximum absolute atomic E-state index is 9.19. The van der Waals surface area contributed by atoms with E-state index in [1.807, 2.05) is 0 Å². The summed E-state index contributed by atoms with van der Waals surface area (Å²) in [6, 6.07) is 0. The van der Waals surface area contributed by atoms with Gasteiger partial charge < -0.3 is 10.2 Å². The lowest BCUT2D eigenvalue weighted by atomic mass is 10.4. The Morgan fingerprint density at radius 2 is 2.00 bits per heavy atom. The Hall–Kier alpha value is 0.620. The van der Waals surface area contributed by atoms with Gasteiger partial charge in [-0.25, -0.2) is 0 Å². The molecule has 0 amide bonds. The van der Waals surface area contributed by atoms with E-state index in [2.05, 4.69) is 0 Å². The van der Waals surface area contributed by atoms with Gasteiger partial charge in [-0.1, -0.05) is 0 Å². The second-order valence-electron chi connectivity index (χ2n) is 2.21. The predicted molar refractivity (Wildman–Crippen MR) is 46.4 cm³/mol. The van der Waals surface area contributed by atoms with Gasteiger partial charge in [-0.3, -0.25) is 0 Å². The van der Waals surface area contributed by atoms with Crippen LogP contribution in [0.25, 0.3) is 0 Å². The van der Waals surface area contributed by atoms with Crippen LogP contribution in [0.5, 0.6) is 0 Å². The molecule has 4 heteroatoms. The van der Waals surface area contributed by atoms with Crippen molar-refractivity contribution in [3.8, 4) is 0 Å². The molecule has 60 valence electrons. The summed E-state index contributed by atoms with van der Waals surface area (Å²) in [6.45, 7) is -0.106. The van der Waals surface area contributed by atoms with Gasteiger partial charge in [0.05, 0.1) is 17.3 Å². The average molecular weight is 180 g/mol. The molecule has 0 unspecified atom stereocenters. The fourth-order valence-electron chi connectivity index (χ4n) is 0.814. The largest absolute Gasteiger partial charge is 0.394 e. The predicted octanol–water partition coefficient (Wildman–Crippen LogP) is 0.536. The molecule has 1 aliphatic heterocycles. The van der Waals surface area contributed by atoms with Crippen molar-refractivity contribution in [3.05, 3.63) is 0 Å². The highest BCUT2D eigenvalue weighted by molar-refractivity contribution is 8.17. The molecule has 1 fully saturated rings. The van der Waals surface area contributed by atoms with Crippen LogP contribution in [0, 0.1) is 0 Å². The summed E-state index contributed by atoms with van der Waals surface area (Å²) in [4.78, 5) is 0. The van der Waals surface area contributed by atoms with Gasteiger partial charge in [0.2, 0.25) is 0 Å². The quantitative estimate of drug-likeness (QED) is 0.650. The Morgan fingerprint density at radius 3 is 2.50 bits per heavy atom. The van der Waals surface area contributed by atoms with E-state index in [1.54, 1.807) is 23.5 Å². The topological polar surface area (TPSA) is 40.5 Å². The molecule has 1 atom stereocenters. The van der Waals surface area contributed by atoms with Gasteiger partial charge in [0.25, 0.3) is 0 Å². The summed E-state index contributed by atoms with van der Waals surface area (Å²) in [6.07, 6.45) is 0.694. The number of thioether (sulfide) groups is 2. The molecule has 1 heterocycles. The third-order valence-corrected chi connectivity index (χ3v) is 4.50. The van der Waals surface area contributed by atoms with Crippen molar-refractivity contribution in [3.63, 3.8) is 0 Å². The van der Waals surface area contributed by atoms with E-state index in [1.165, 1.54) is 6.42 Å². The minimum atomic E-state index is -0.532. The van der Waals surface area contributed by atoms with E-state index in [-0.39, 0.29) is 11.2 Å². The molecule has 0 radical (unpaired) electrons. The first-order chi connectivity index (χ1) is 4.84. The van der Waals surface area contributed by atoms with Crippen molar-refractivity contribution >= 4 is 23.5 Å². The highest BCUT2D eigenvalue weighted by Crippen LogP contribution is 2.32. The standard InChI is InChI=1S/C6H12O2S2/c7-4-5(8)6-9-2-1-3-10-6/h5-8H,1-4H2/t5-/m0/s1. The first-order valence-electron chi connectivity index (χ1n) is 3.36. The maximum atomic E-state index is 9.19. The van der Waals surface area contributed by atoms with E-state index < -0.39 is 6.10 Å². The van der Waals surface area contributed by atoms with Gasteiger partial charge in [0, 0.05) is 0 Å². The normalized spacial score (nSPS) is 24.6.